The van der Waals surface area contributed by atoms with Crippen LogP contribution in [0.3, 0.4) is 0 Å². The van der Waals surface area contributed by atoms with E-state index in [9.17, 15) is 0 Å². The van der Waals surface area contributed by atoms with Crippen LogP contribution in [0.1, 0.15) is 59.8 Å². The highest BCUT2D eigenvalue weighted by Gasteiger charge is 2.20. The fraction of sp³-hybridized carbons (Fsp3) is 1.00. The molecule has 1 aliphatic carbocycles. The summed E-state index contributed by atoms with van der Waals surface area (Å²) < 4.78 is 0. The van der Waals surface area contributed by atoms with E-state index in [0.29, 0.717) is 0 Å². The summed E-state index contributed by atoms with van der Waals surface area (Å²) in [4.78, 5) is 0. The predicted molar refractivity (Wildman–Crippen MR) is 59.7 cm³/mol. The van der Waals surface area contributed by atoms with Crippen molar-refractivity contribution in [1.82, 2.24) is 0 Å². The van der Waals surface area contributed by atoms with Crippen LogP contribution in [0.2, 0.25) is 0 Å². The van der Waals surface area contributed by atoms with Crippen molar-refractivity contribution in [3.63, 3.8) is 0 Å². The first kappa shape index (κ1) is 11.1. The smallest absolute Gasteiger partial charge is 0.0411 e. The van der Waals surface area contributed by atoms with Gasteiger partial charge in [-0.1, -0.05) is 53.4 Å². The van der Waals surface area contributed by atoms with Gasteiger partial charge in [0.1, 0.15) is 0 Å². The quantitative estimate of drug-likeness (QED) is 0.603. The molecule has 0 amide bonds. The molecule has 1 unspecified atom stereocenters. The van der Waals surface area contributed by atoms with E-state index in [2.05, 4.69) is 27.7 Å². The van der Waals surface area contributed by atoms with Crippen molar-refractivity contribution in [3.05, 3.63) is 0 Å². The molecule has 1 rings (SSSR count). The molecule has 0 saturated heterocycles. The van der Waals surface area contributed by atoms with E-state index in [1.165, 1.54) is 32.1 Å². The third kappa shape index (κ3) is 3.70. The molecule has 0 heterocycles. The molecule has 0 aliphatic heterocycles. The van der Waals surface area contributed by atoms with E-state index < -0.39 is 0 Å². The van der Waals surface area contributed by atoms with Crippen LogP contribution < -0.4 is 0 Å². The van der Waals surface area contributed by atoms with Gasteiger partial charge in [0.2, 0.25) is 0 Å². The van der Waals surface area contributed by atoms with Gasteiger partial charge < -0.3 is 0 Å². The summed E-state index contributed by atoms with van der Waals surface area (Å²) >= 11 is 0. The van der Waals surface area contributed by atoms with Crippen molar-refractivity contribution in [3.8, 4) is 0 Å². The fourth-order valence-corrected chi connectivity index (χ4v) is 2.36. The Balaban J connectivity index is 2.22. The first-order chi connectivity index (χ1) is 6.09. The van der Waals surface area contributed by atoms with Crippen LogP contribution in [0.25, 0.3) is 0 Å². The van der Waals surface area contributed by atoms with E-state index in [1.54, 1.807) is 0 Å². The summed E-state index contributed by atoms with van der Waals surface area (Å²) in [6.07, 6.45) is 7.44. The molecular weight excluding hydrogens is 156 g/mol. The Morgan fingerprint density at radius 3 is 2.00 bits per heavy atom. The summed E-state index contributed by atoms with van der Waals surface area (Å²) in [5.41, 5.74) is 0. The minimum absolute atomic E-state index is 0.874. The monoisotopic (exact) mass is 182 g/mol. The summed E-state index contributed by atoms with van der Waals surface area (Å²) in [5.74, 6) is 3.86. The molecule has 0 radical (unpaired) electrons. The van der Waals surface area contributed by atoms with Gasteiger partial charge in [-0.05, 0) is 30.1 Å². The first-order valence-electron chi connectivity index (χ1n) is 6.09. The van der Waals surface area contributed by atoms with Gasteiger partial charge in [0.25, 0.3) is 0 Å². The maximum Gasteiger partial charge on any atom is -0.0411 e. The minimum Gasteiger partial charge on any atom is -0.0625 e. The maximum atomic E-state index is 2.42. The first-order valence-corrected chi connectivity index (χ1v) is 6.09. The Morgan fingerprint density at radius 2 is 1.54 bits per heavy atom. The van der Waals surface area contributed by atoms with E-state index in [1.807, 2.05) is 0 Å². The Morgan fingerprint density at radius 1 is 1.00 bits per heavy atom. The maximum absolute atomic E-state index is 2.42. The summed E-state index contributed by atoms with van der Waals surface area (Å²) in [7, 11) is 0. The molecule has 0 aromatic carbocycles. The molecule has 13 heavy (non-hydrogen) atoms. The minimum atomic E-state index is 0.874. The highest BCUT2D eigenvalue weighted by molar-refractivity contribution is 4.72. The number of rotatable bonds is 3. The molecule has 0 nitrogen and oxygen atoms in total. The third-order valence-electron chi connectivity index (χ3n) is 3.98. The van der Waals surface area contributed by atoms with Gasteiger partial charge in [-0.25, -0.2) is 0 Å². The lowest BCUT2D eigenvalue weighted by Gasteiger charge is -2.29. The molecule has 0 bridgehead atoms. The average molecular weight is 182 g/mol. The average Bonchev–Trinajstić information content (AvgIpc) is 2.08. The van der Waals surface area contributed by atoms with Crippen molar-refractivity contribution in [2.24, 2.45) is 23.7 Å². The summed E-state index contributed by atoms with van der Waals surface area (Å²) in [6.45, 7) is 9.54. The number of hydrogen-bond donors (Lipinski definition) is 0. The second-order valence-electron chi connectivity index (χ2n) is 5.58. The second-order valence-corrected chi connectivity index (χ2v) is 5.58. The van der Waals surface area contributed by atoms with E-state index in [-0.39, 0.29) is 0 Å². The standard InChI is InChI=1S/C13H26/c1-10(2)12(4)9-13-7-5-11(3)6-8-13/h10-13H,5-9H2,1-4H3. The van der Waals surface area contributed by atoms with Gasteiger partial charge in [-0.3, -0.25) is 0 Å². The second kappa shape index (κ2) is 5.02. The van der Waals surface area contributed by atoms with Crippen molar-refractivity contribution in [2.45, 2.75) is 59.8 Å². The van der Waals surface area contributed by atoms with Crippen molar-refractivity contribution >= 4 is 0 Å². The Kier molecular flexibility index (Phi) is 4.28. The van der Waals surface area contributed by atoms with Gasteiger partial charge in [-0.15, -0.1) is 0 Å². The van der Waals surface area contributed by atoms with E-state index >= 15 is 0 Å². The molecule has 0 N–H and O–H groups in total. The van der Waals surface area contributed by atoms with Crippen LogP contribution in [0.5, 0.6) is 0 Å². The third-order valence-corrected chi connectivity index (χ3v) is 3.98. The molecule has 1 atom stereocenters. The Labute approximate surface area is 84.1 Å². The zero-order chi connectivity index (χ0) is 9.84. The van der Waals surface area contributed by atoms with Crippen LogP contribution in [-0.2, 0) is 0 Å². The van der Waals surface area contributed by atoms with Crippen LogP contribution in [0.4, 0.5) is 0 Å². The lowest BCUT2D eigenvalue weighted by molar-refractivity contribution is 0.229. The highest BCUT2D eigenvalue weighted by atomic mass is 14.3. The predicted octanol–water partition coefficient (Wildman–Crippen LogP) is 4.49. The molecule has 0 aromatic rings. The molecule has 1 fully saturated rings. The van der Waals surface area contributed by atoms with E-state index in [4.69, 9.17) is 0 Å². The molecule has 78 valence electrons. The number of hydrogen-bond acceptors (Lipinski definition) is 0. The molecule has 0 heteroatoms. The van der Waals surface area contributed by atoms with E-state index in [0.717, 1.165) is 23.7 Å². The van der Waals surface area contributed by atoms with Gasteiger partial charge >= 0.3 is 0 Å². The Bertz CT molecular complexity index is 129. The zero-order valence-electron chi connectivity index (χ0n) is 9.84. The van der Waals surface area contributed by atoms with Crippen LogP contribution in [-0.4, -0.2) is 0 Å². The molecule has 0 spiro atoms. The summed E-state index contributed by atoms with van der Waals surface area (Å²) in [6, 6.07) is 0. The molecule has 0 aromatic heterocycles. The lowest BCUT2D eigenvalue weighted by atomic mass is 9.77. The van der Waals surface area contributed by atoms with Crippen molar-refractivity contribution in [2.75, 3.05) is 0 Å². The normalized spacial score (nSPS) is 32.1. The molecule has 1 aliphatic rings. The van der Waals surface area contributed by atoms with Gasteiger partial charge in [0, 0.05) is 0 Å². The lowest BCUT2D eigenvalue weighted by Crippen LogP contribution is -2.17. The molecular formula is C13H26. The van der Waals surface area contributed by atoms with Gasteiger partial charge in [0.15, 0.2) is 0 Å². The van der Waals surface area contributed by atoms with Crippen LogP contribution >= 0.6 is 0 Å². The SMILES string of the molecule is CC1CCC(CC(C)C(C)C)CC1. The largest absolute Gasteiger partial charge is 0.0625 e. The van der Waals surface area contributed by atoms with Crippen molar-refractivity contribution < 1.29 is 0 Å². The van der Waals surface area contributed by atoms with Gasteiger partial charge in [-0.2, -0.15) is 0 Å². The summed E-state index contributed by atoms with van der Waals surface area (Å²) in [5, 5.41) is 0. The van der Waals surface area contributed by atoms with Gasteiger partial charge in [0.05, 0.1) is 0 Å². The molecule has 1 saturated carbocycles. The highest BCUT2D eigenvalue weighted by Crippen LogP contribution is 2.33. The zero-order valence-corrected chi connectivity index (χ0v) is 9.84. The van der Waals surface area contributed by atoms with Crippen LogP contribution in [0.15, 0.2) is 0 Å². The topological polar surface area (TPSA) is 0 Å². The van der Waals surface area contributed by atoms with Crippen LogP contribution in [0, 0.1) is 23.7 Å². The van der Waals surface area contributed by atoms with Crippen molar-refractivity contribution in [1.29, 1.82) is 0 Å². The fourth-order valence-electron chi connectivity index (χ4n) is 2.36. The Hall–Kier alpha value is 0.